The number of hydrogen-bond donors (Lipinski definition) is 1. The maximum Gasteiger partial charge on any atom is 0.126 e. The van der Waals surface area contributed by atoms with E-state index in [1.54, 1.807) is 6.07 Å². The number of benzene rings is 1. The first-order valence-electron chi connectivity index (χ1n) is 7.69. The van der Waals surface area contributed by atoms with Crippen LogP contribution in [0.5, 0.6) is 0 Å². The Kier molecular flexibility index (Phi) is 4.69. The summed E-state index contributed by atoms with van der Waals surface area (Å²) in [6.07, 6.45) is 2.50. The van der Waals surface area contributed by atoms with Crippen molar-refractivity contribution in [1.29, 1.82) is 0 Å². The topological polar surface area (TPSA) is 15.3 Å². The molecule has 0 bridgehead atoms. The van der Waals surface area contributed by atoms with Crippen molar-refractivity contribution in [2.75, 3.05) is 18.5 Å². The molecule has 20 heavy (non-hydrogen) atoms. The molecule has 1 aromatic rings. The molecule has 3 heteroatoms. The van der Waals surface area contributed by atoms with Gasteiger partial charge < -0.3 is 10.2 Å². The first-order valence-corrected chi connectivity index (χ1v) is 7.69. The summed E-state index contributed by atoms with van der Waals surface area (Å²) in [6, 6.07) is 4.39. The predicted molar refractivity (Wildman–Crippen MR) is 83.8 cm³/mol. The molecule has 2 rings (SSSR count). The molecule has 1 N–H and O–H groups in total. The molecule has 2 nitrogen and oxygen atoms in total. The van der Waals surface area contributed by atoms with Crippen LogP contribution >= 0.6 is 0 Å². The van der Waals surface area contributed by atoms with Crippen molar-refractivity contribution in [2.45, 2.75) is 52.6 Å². The van der Waals surface area contributed by atoms with Crippen LogP contribution in [0.3, 0.4) is 0 Å². The fourth-order valence-corrected chi connectivity index (χ4v) is 3.11. The van der Waals surface area contributed by atoms with Crippen molar-refractivity contribution in [1.82, 2.24) is 5.32 Å². The zero-order valence-corrected chi connectivity index (χ0v) is 13.3. The Morgan fingerprint density at radius 3 is 2.70 bits per heavy atom. The zero-order chi connectivity index (χ0) is 14.9. The van der Waals surface area contributed by atoms with E-state index in [1.807, 2.05) is 20.0 Å². The van der Waals surface area contributed by atoms with Gasteiger partial charge in [0.15, 0.2) is 0 Å². The first-order chi connectivity index (χ1) is 9.45. The zero-order valence-electron chi connectivity index (χ0n) is 13.3. The number of anilines is 1. The second-order valence-electron chi connectivity index (χ2n) is 6.22. The normalized spacial score (nSPS) is 24.8. The first kappa shape index (κ1) is 15.3. The summed E-state index contributed by atoms with van der Waals surface area (Å²) in [5.74, 6) is 0.579. The number of aryl methyl sites for hydroxylation is 1. The van der Waals surface area contributed by atoms with Crippen LogP contribution in [0.15, 0.2) is 12.1 Å². The Morgan fingerprint density at radius 2 is 2.05 bits per heavy atom. The Hall–Kier alpha value is -1.09. The lowest BCUT2D eigenvalue weighted by Gasteiger charge is -2.41. The van der Waals surface area contributed by atoms with Crippen molar-refractivity contribution in [2.24, 2.45) is 5.92 Å². The van der Waals surface area contributed by atoms with Gasteiger partial charge in [-0.05, 0) is 69.8 Å². The van der Waals surface area contributed by atoms with Crippen molar-refractivity contribution in [3.63, 3.8) is 0 Å². The highest BCUT2D eigenvalue weighted by Gasteiger charge is 2.27. The molecule has 1 fully saturated rings. The van der Waals surface area contributed by atoms with E-state index in [9.17, 15) is 4.39 Å². The van der Waals surface area contributed by atoms with Gasteiger partial charge in [0.05, 0.1) is 0 Å². The van der Waals surface area contributed by atoms with Crippen LogP contribution in [-0.2, 0) is 0 Å². The smallest absolute Gasteiger partial charge is 0.126 e. The number of nitrogens with one attached hydrogen (secondary N) is 1. The molecular weight excluding hydrogens is 251 g/mol. The van der Waals surface area contributed by atoms with Crippen molar-refractivity contribution >= 4 is 5.69 Å². The van der Waals surface area contributed by atoms with E-state index >= 15 is 0 Å². The van der Waals surface area contributed by atoms with Crippen LogP contribution < -0.4 is 10.2 Å². The van der Waals surface area contributed by atoms with Gasteiger partial charge in [0.2, 0.25) is 0 Å². The second-order valence-corrected chi connectivity index (χ2v) is 6.22. The van der Waals surface area contributed by atoms with Crippen LogP contribution in [0.25, 0.3) is 0 Å². The van der Waals surface area contributed by atoms with Gasteiger partial charge in [-0.1, -0.05) is 6.92 Å². The summed E-state index contributed by atoms with van der Waals surface area (Å²) in [5, 5.41) is 3.24. The van der Waals surface area contributed by atoms with E-state index in [2.05, 4.69) is 31.0 Å². The summed E-state index contributed by atoms with van der Waals surface area (Å²) in [5.41, 5.74) is 3.00. The Morgan fingerprint density at radius 1 is 1.35 bits per heavy atom. The fraction of sp³-hybridized carbons (Fsp3) is 0.647. The van der Waals surface area contributed by atoms with Crippen LogP contribution in [0, 0.1) is 18.7 Å². The summed E-state index contributed by atoms with van der Waals surface area (Å²) in [7, 11) is 1.93. The monoisotopic (exact) mass is 278 g/mol. The molecule has 1 saturated heterocycles. The van der Waals surface area contributed by atoms with Gasteiger partial charge >= 0.3 is 0 Å². The van der Waals surface area contributed by atoms with E-state index < -0.39 is 0 Å². The molecule has 1 aliphatic rings. The lowest BCUT2D eigenvalue weighted by atomic mass is 9.90. The van der Waals surface area contributed by atoms with Gasteiger partial charge in [0, 0.05) is 24.3 Å². The van der Waals surface area contributed by atoms with Gasteiger partial charge in [-0.3, -0.25) is 0 Å². The van der Waals surface area contributed by atoms with E-state index in [0.717, 1.165) is 17.7 Å². The van der Waals surface area contributed by atoms with Gasteiger partial charge in [-0.15, -0.1) is 0 Å². The van der Waals surface area contributed by atoms with Crippen LogP contribution in [0.2, 0.25) is 0 Å². The van der Waals surface area contributed by atoms with E-state index in [0.29, 0.717) is 12.0 Å². The Balaban J connectivity index is 2.45. The predicted octanol–water partition coefficient (Wildman–Crippen LogP) is 4.04. The van der Waals surface area contributed by atoms with E-state index in [4.69, 9.17) is 0 Å². The molecule has 0 aromatic heterocycles. The summed E-state index contributed by atoms with van der Waals surface area (Å²) in [6.45, 7) is 9.61. The van der Waals surface area contributed by atoms with E-state index in [-0.39, 0.29) is 11.9 Å². The lowest BCUT2D eigenvalue weighted by Crippen LogP contribution is -2.43. The quantitative estimate of drug-likeness (QED) is 0.897. The molecule has 0 amide bonds. The minimum atomic E-state index is -0.108. The third kappa shape index (κ3) is 2.83. The third-order valence-corrected chi connectivity index (χ3v) is 4.89. The average molecular weight is 278 g/mol. The van der Waals surface area contributed by atoms with E-state index in [1.165, 1.54) is 18.5 Å². The minimum Gasteiger partial charge on any atom is -0.368 e. The summed E-state index contributed by atoms with van der Waals surface area (Å²) < 4.78 is 14.0. The molecule has 0 radical (unpaired) electrons. The number of hydrogen-bond acceptors (Lipinski definition) is 2. The number of piperidine rings is 1. The highest BCUT2D eigenvalue weighted by molar-refractivity contribution is 5.58. The molecule has 1 heterocycles. The Bertz CT molecular complexity index is 472. The summed E-state index contributed by atoms with van der Waals surface area (Å²) >= 11 is 0. The van der Waals surface area contributed by atoms with Crippen molar-refractivity contribution < 1.29 is 4.39 Å². The molecule has 0 aliphatic carbocycles. The highest BCUT2D eigenvalue weighted by Crippen LogP contribution is 2.34. The fourth-order valence-electron chi connectivity index (χ4n) is 3.11. The number of halogens is 1. The molecule has 3 atom stereocenters. The number of nitrogens with zero attached hydrogens (tertiary/aromatic N) is 1. The van der Waals surface area contributed by atoms with Crippen molar-refractivity contribution in [3.05, 3.63) is 29.1 Å². The SMILES string of the molecule is CNC(C)c1cc(F)c(C)cc1N1CCCC(C)C1C. The maximum atomic E-state index is 14.0. The molecule has 1 aliphatic heterocycles. The van der Waals surface area contributed by atoms with Crippen LogP contribution in [-0.4, -0.2) is 19.6 Å². The average Bonchev–Trinajstić information content (AvgIpc) is 2.43. The highest BCUT2D eigenvalue weighted by atomic mass is 19.1. The maximum absolute atomic E-state index is 14.0. The number of rotatable bonds is 3. The van der Waals surface area contributed by atoms with Crippen molar-refractivity contribution in [3.8, 4) is 0 Å². The third-order valence-electron chi connectivity index (χ3n) is 4.89. The molecule has 1 aromatic carbocycles. The summed E-state index contributed by atoms with van der Waals surface area (Å²) in [4.78, 5) is 2.46. The molecule has 0 saturated carbocycles. The van der Waals surface area contributed by atoms with Gasteiger partial charge in [0.1, 0.15) is 5.82 Å². The molecule has 112 valence electrons. The standard InChI is InChI=1S/C17H27FN2/c1-11-7-6-8-20(14(11)4)17-9-12(2)16(18)10-15(17)13(3)19-5/h9-11,13-14,19H,6-8H2,1-5H3. The molecular formula is C17H27FN2. The van der Waals surface area contributed by atoms with Gasteiger partial charge in [-0.2, -0.15) is 0 Å². The van der Waals surface area contributed by atoms with Crippen LogP contribution in [0.1, 0.15) is 50.8 Å². The minimum absolute atomic E-state index is 0.108. The second kappa shape index (κ2) is 6.13. The largest absolute Gasteiger partial charge is 0.368 e. The Labute approximate surface area is 122 Å². The van der Waals surface area contributed by atoms with Gasteiger partial charge in [-0.25, -0.2) is 4.39 Å². The molecule has 0 spiro atoms. The van der Waals surface area contributed by atoms with Crippen LogP contribution in [0.4, 0.5) is 10.1 Å². The lowest BCUT2D eigenvalue weighted by molar-refractivity contribution is 0.362. The van der Waals surface area contributed by atoms with Gasteiger partial charge in [0.25, 0.3) is 0 Å². The molecule has 3 unspecified atom stereocenters.